The zero-order valence-corrected chi connectivity index (χ0v) is 13.8. The number of carbonyl (C=O) groups excluding carboxylic acids is 2. The maximum absolute atomic E-state index is 12.7. The van der Waals surface area contributed by atoms with Crippen molar-refractivity contribution in [3.8, 4) is 0 Å². The van der Waals surface area contributed by atoms with E-state index >= 15 is 0 Å². The highest BCUT2D eigenvalue weighted by Gasteiger charge is 2.28. The van der Waals surface area contributed by atoms with Crippen LogP contribution < -0.4 is 10.2 Å². The molecule has 118 valence electrons. The van der Waals surface area contributed by atoms with Gasteiger partial charge in [0.05, 0.1) is 17.9 Å². The molecule has 2 aliphatic heterocycles. The van der Waals surface area contributed by atoms with E-state index in [9.17, 15) is 9.59 Å². The number of nitrogens with zero attached hydrogens (tertiary/aromatic N) is 2. The highest BCUT2D eigenvalue weighted by molar-refractivity contribution is 7.99. The van der Waals surface area contributed by atoms with Crippen LogP contribution in [0.15, 0.2) is 12.1 Å². The SMILES string of the molecule is Cc1cc2c(cc1C)N(C(=O)CN1CCSCC1)CC(=O)N2. The van der Waals surface area contributed by atoms with Crippen molar-refractivity contribution in [2.45, 2.75) is 13.8 Å². The van der Waals surface area contributed by atoms with Crippen LogP contribution in [0.5, 0.6) is 0 Å². The first-order valence-corrected chi connectivity index (χ1v) is 8.71. The van der Waals surface area contributed by atoms with E-state index in [1.807, 2.05) is 37.7 Å². The molecule has 0 saturated carbocycles. The Kier molecular flexibility index (Phi) is 4.40. The van der Waals surface area contributed by atoms with Gasteiger partial charge in [-0.1, -0.05) is 0 Å². The quantitative estimate of drug-likeness (QED) is 0.900. The van der Waals surface area contributed by atoms with Crippen molar-refractivity contribution in [1.82, 2.24) is 4.90 Å². The molecule has 1 aromatic carbocycles. The number of hydrogen-bond donors (Lipinski definition) is 1. The molecule has 0 bridgehead atoms. The summed E-state index contributed by atoms with van der Waals surface area (Å²) in [7, 11) is 0. The Hall–Kier alpha value is -1.53. The molecule has 6 heteroatoms. The van der Waals surface area contributed by atoms with Crippen LogP contribution in [0.4, 0.5) is 11.4 Å². The standard InChI is InChI=1S/C16H21N3O2S/c1-11-7-13-14(8-12(11)2)19(9-15(20)17-13)16(21)10-18-3-5-22-6-4-18/h7-8H,3-6,9-10H2,1-2H3,(H,17,20). The lowest BCUT2D eigenvalue weighted by atomic mass is 10.1. The molecule has 1 saturated heterocycles. The molecule has 0 radical (unpaired) electrons. The van der Waals surface area contributed by atoms with Crippen LogP contribution in [0.2, 0.25) is 0 Å². The molecule has 2 amide bonds. The van der Waals surface area contributed by atoms with Gasteiger partial charge >= 0.3 is 0 Å². The van der Waals surface area contributed by atoms with Crippen molar-refractivity contribution >= 4 is 35.0 Å². The van der Waals surface area contributed by atoms with Gasteiger partial charge in [-0.2, -0.15) is 11.8 Å². The summed E-state index contributed by atoms with van der Waals surface area (Å²) < 4.78 is 0. The molecule has 0 aromatic heterocycles. The minimum absolute atomic E-state index is 0.00579. The first-order chi connectivity index (χ1) is 10.5. The van der Waals surface area contributed by atoms with Crippen molar-refractivity contribution in [2.24, 2.45) is 0 Å². The van der Waals surface area contributed by atoms with Crippen molar-refractivity contribution < 1.29 is 9.59 Å². The number of thioether (sulfide) groups is 1. The van der Waals surface area contributed by atoms with E-state index in [4.69, 9.17) is 0 Å². The Bertz CT molecular complexity index is 612. The fourth-order valence-electron chi connectivity index (χ4n) is 2.80. The summed E-state index contributed by atoms with van der Waals surface area (Å²) in [5, 5.41) is 2.87. The zero-order valence-electron chi connectivity index (χ0n) is 13.0. The number of hydrogen-bond acceptors (Lipinski definition) is 4. The summed E-state index contributed by atoms with van der Waals surface area (Å²) in [6, 6.07) is 3.94. The lowest BCUT2D eigenvalue weighted by molar-refractivity contribution is -0.122. The minimum atomic E-state index is -0.127. The Morgan fingerprint density at radius 2 is 1.91 bits per heavy atom. The summed E-state index contributed by atoms with van der Waals surface area (Å²) >= 11 is 1.92. The monoisotopic (exact) mass is 319 g/mol. The number of carbonyl (C=O) groups is 2. The summed E-state index contributed by atoms with van der Waals surface area (Å²) in [6.45, 7) is 6.41. The Labute approximate surface area is 135 Å². The van der Waals surface area contributed by atoms with Crippen LogP contribution >= 0.6 is 11.8 Å². The highest BCUT2D eigenvalue weighted by Crippen LogP contribution is 2.32. The second-order valence-electron chi connectivity index (χ2n) is 5.87. The fourth-order valence-corrected chi connectivity index (χ4v) is 3.78. The van der Waals surface area contributed by atoms with Crippen molar-refractivity contribution in [1.29, 1.82) is 0 Å². The van der Waals surface area contributed by atoms with Crippen LogP contribution in [-0.4, -0.2) is 54.4 Å². The van der Waals surface area contributed by atoms with Gasteiger partial charge < -0.3 is 5.32 Å². The third-order valence-corrected chi connectivity index (χ3v) is 5.18. The number of rotatable bonds is 2. The minimum Gasteiger partial charge on any atom is -0.323 e. The number of nitrogens with one attached hydrogen (secondary N) is 1. The fraction of sp³-hybridized carbons (Fsp3) is 0.500. The molecule has 0 unspecified atom stereocenters. The second-order valence-corrected chi connectivity index (χ2v) is 7.09. The number of benzene rings is 1. The number of amides is 2. The molecule has 2 aliphatic rings. The predicted octanol–water partition coefficient (Wildman–Crippen LogP) is 1.64. The molecule has 0 atom stereocenters. The Morgan fingerprint density at radius 3 is 2.64 bits per heavy atom. The van der Waals surface area contributed by atoms with Crippen LogP contribution in [-0.2, 0) is 9.59 Å². The molecule has 1 aromatic rings. The van der Waals surface area contributed by atoms with Gasteiger partial charge in [0.15, 0.2) is 0 Å². The average Bonchev–Trinajstić information content (AvgIpc) is 2.49. The van der Waals surface area contributed by atoms with Crippen molar-refractivity contribution in [3.05, 3.63) is 23.3 Å². The normalized spacial score (nSPS) is 18.8. The molecule has 22 heavy (non-hydrogen) atoms. The third kappa shape index (κ3) is 3.13. The maximum atomic E-state index is 12.7. The number of anilines is 2. The van der Waals surface area contributed by atoms with Crippen LogP contribution in [0.1, 0.15) is 11.1 Å². The molecule has 1 N–H and O–H groups in total. The van der Waals surface area contributed by atoms with E-state index in [0.717, 1.165) is 47.1 Å². The van der Waals surface area contributed by atoms with Gasteiger partial charge in [-0.25, -0.2) is 0 Å². The molecule has 1 fully saturated rings. The van der Waals surface area contributed by atoms with Crippen molar-refractivity contribution in [3.63, 3.8) is 0 Å². The molecule has 2 heterocycles. The third-order valence-electron chi connectivity index (χ3n) is 4.24. The lowest BCUT2D eigenvalue weighted by Gasteiger charge is -2.33. The van der Waals surface area contributed by atoms with Gasteiger partial charge in [0.1, 0.15) is 6.54 Å². The molecular formula is C16H21N3O2S. The first kappa shape index (κ1) is 15.4. The first-order valence-electron chi connectivity index (χ1n) is 7.56. The van der Waals surface area contributed by atoms with E-state index in [1.54, 1.807) is 4.90 Å². The van der Waals surface area contributed by atoms with Crippen LogP contribution in [0.3, 0.4) is 0 Å². The van der Waals surface area contributed by atoms with Gasteiger partial charge in [0, 0.05) is 24.6 Å². The summed E-state index contributed by atoms with van der Waals surface area (Å²) in [4.78, 5) is 28.4. The van der Waals surface area contributed by atoms with Gasteiger partial charge in [0.25, 0.3) is 0 Å². The Balaban J connectivity index is 1.83. The smallest absolute Gasteiger partial charge is 0.244 e. The molecule has 5 nitrogen and oxygen atoms in total. The van der Waals surface area contributed by atoms with E-state index in [1.165, 1.54) is 0 Å². The van der Waals surface area contributed by atoms with Gasteiger partial charge in [-0.05, 0) is 37.1 Å². The highest BCUT2D eigenvalue weighted by atomic mass is 32.2. The van der Waals surface area contributed by atoms with Crippen molar-refractivity contribution in [2.75, 3.05) is 47.9 Å². The molecular weight excluding hydrogens is 298 g/mol. The Morgan fingerprint density at radius 1 is 1.23 bits per heavy atom. The van der Waals surface area contributed by atoms with Gasteiger partial charge in [0.2, 0.25) is 11.8 Å². The zero-order chi connectivity index (χ0) is 15.7. The maximum Gasteiger partial charge on any atom is 0.244 e. The van der Waals surface area contributed by atoms with E-state index in [2.05, 4.69) is 10.2 Å². The summed E-state index contributed by atoms with van der Waals surface area (Å²) in [5.74, 6) is 2.02. The largest absolute Gasteiger partial charge is 0.323 e. The van der Waals surface area contributed by atoms with Gasteiger partial charge in [-0.3, -0.25) is 19.4 Å². The lowest BCUT2D eigenvalue weighted by Crippen LogP contribution is -2.48. The molecule has 3 rings (SSSR count). The topological polar surface area (TPSA) is 52.7 Å². The second kappa shape index (κ2) is 6.30. The molecule has 0 aliphatic carbocycles. The number of aryl methyl sites for hydroxylation is 2. The van der Waals surface area contributed by atoms with Crippen LogP contribution in [0, 0.1) is 13.8 Å². The van der Waals surface area contributed by atoms with Crippen LogP contribution in [0.25, 0.3) is 0 Å². The average molecular weight is 319 g/mol. The molecule has 0 spiro atoms. The van der Waals surface area contributed by atoms with Gasteiger partial charge in [-0.15, -0.1) is 0 Å². The van der Waals surface area contributed by atoms with E-state index in [-0.39, 0.29) is 18.4 Å². The predicted molar refractivity (Wildman–Crippen MR) is 90.7 cm³/mol. The summed E-state index contributed by atoms with van der Waals surface area (Å²) in [6.07, 6.45) is 0. The van der Waals surface area contributed by atoms with E-state index < -0.39 is 0 Å². The van der Waals surface area contributed by atoms with E-state index in [0.29, 0.717) is 6.54 Å². The summed E-state index contributed by atoms with van der Waals surface area (Å²) in [5.41, 5.74) is 3.80. The number of fused-ring (bicyclic) bond motifs is 1.